The van der Waals surface area contributed by atoms with Crippen molar-refractivity contribution in [1.29, 1.82) is 0 Å². The van der Waals surface area contributed by atoms with Gasteiger partial charge in [0.2, 0.25) is 0 Å². The maximum Gasteiger partial charge on any atom is 0.0843 e. The van der Waals surface area contributed by atoms with E-state index in [-0.39, 0.29) is 0 Å². The lowest BCUT2D eigenvalue weighted by molar-refractivity contribution is 0.128. The van der Waals surface area contributed by atoms with E-state index in [2.05, 4.69) is 49.9 Å². The molecule has 5 heteroatoms. The highest BCUT2D eigenvalue weighted by Crippen LogP contribution is 2.42. The van der Waals surface area contributed by atoms with Crippen LogP contribution in [0.2, 0.25) is 0 Å². The van der Waals surface area contributed by atoms with Gasteiger partial charge in [0.05, 0.1) is 3.79 Å². The van der Waals surface area contributed by atoms with Gasteiger partial charge in [-0.05, 0) is 76.8 Å². The fourth-order valence-corrected chi connectivity index (χ4v) is 4.81. The SMILES string of the molecule is CN1CCCC(CN)C1c1cc(Br)c(Br)s1. The van der Waals surface area contributed by atoms with Crippen molar-refractivity contribution in [2.24, 2.45) is 11.7 Å². The average Bonchev–Trinajstić information content (AvgIpc) is 2.58. The monoisotopic (exact) mass is 366 g/mol. The lowest BCUT2D eigenvalue weighted by atomic mass is 9.88. The van der Waals surface area contributed by atoms with Crippen LogP contribution < -0.4 is 5.73 Å². The molecule has 1 aromatic rings. The second-order valence-corrected chi connectivity index (χ2v) is 7.59. The lowest BCUT2D eigenvalue weighted by Crippen LogP contribution is -2.38. The third-order valence-electron chi connectivity index (χ3n) is 3.27. The van der Waals surface area contributed by atoms with Crippen molar-refractivity contribution in [2.45, 2.75) is 18.9 Å². The summed E-state index contributed by atoms with van der Waals surface area (Å²) in [5.41, 5.74) is 5.89. The van der Waals surface area contributed by atoms with Crippen LogP contribution in [0.25, 0.3) is 0 Å². The van der Waals surface area contributed by atoms with Gasteiger partial charge >= 0.3 is 0 Å². The minimum Gasteiger partial charge on any atom is -0.330 e. The van der Waals surface area contributed by atoms with Crippen LogP contribution in [-0.2, 0) is 0 Å². The number of halogens is 2. The van der Waals surface area contributed by atoms with Crippen molar-refractivity contribution in [3.63, 3.8) is 0 Å². The number of likely N-dealkylation sites (tertiary alicyclic amines) is 1. The predicted molar refractivity (Wildman–Crippen MR) is 76.9 cm³/mol. The second kappa shape index (κ2) is 5.48. The third-order valence-corrected chi connectivity index (χ3v) is 6.59. The summed E-state index contributed by atoms with van der Waals surface area (Å²) in [6, 6.07) is 2.72. The topological polar surface area (TPSA) is 29.3 Å². The Morgan fingerprint density at radius 1 is 1.56 bits per heavy atom. The van der Waals surface area contributed by atoms with Gasteiger partial charge in [-0.3, -0.25) is 4.90 Å². The Labute approximate surface area is 117 Å². The molecular weight excluding hydrogens is 352 g/mol. The first kappa shape index (κ1) is 13.0. The molecule has 2 N–H and O–H groups in total. The summed E-state index contributed by atoms with van der Waals surface area (Å²) in [4.78, 5) is 3.85. The molecule has 2 unspecified atom stereocenters. The normalized spacial score (nSPS) is 27.2. The molecule has 0 radical (unpaired) electrons. The Morgan fingerprint density at radius 2 is 2.31 bits per heavy atom. The van der Waals surface area contributed by atoms with Crippen LogP contribution in [0.5, 0.6) is 0 Å². The van der Waals surface area contributed by atoms with Gasteiger partial charge in [0.15, 0.2) is 0 Å². The molecule has 90 valence electrons. The Bertz CT molecular complexity index is 347. The quantitative estimate of drug-likeness (QED) is 0.864. The van der Waals surface area contributed by atoms with Crippen LogP contribution in [-0.4, -0.2) is 25.0 Å². The third kappa shape index (κ3) is 2.53. The number of nitrogens with zero attached hydrogens (tertiary/aromatic N) is 1. The van der Waals surface area contributed by atoms with Gasteiger partial charge in [-0.1, -0.05) is 0 Å². The first-order valence-electron chi connectivity index (χ1n) is 5.48. The summed E-state index contributed by atoms with van der Waals surface area (Å²) < 4.78 is 2.33. The lowest BCUT2D eigenvalue weighted by Gasteiger charge is -2.38. The van der Waals surface area contributed by atoms with Crippen molar-refractivity contribution >= 4 is 43.2 Å². The van der Waals surface area contributed by atoms with Crippen molar-refractivity contribution in [3.05, 3.63) is 19.2 Å². The van der Waals surface area contributed by atoms with Crippen LogP contribution >= 0.6 is 43.2 Å². The number of piperidine rings is 1. The maximum atomic E-state index is 5.89. The molecule has 0 amide bonds. The largest absolute Gasteiger partial charge is 0.330 e. The number of hydrogen-bond acceptors (Lipinski definition) is 3. The van der Waals surface area contributed by atoms with E-state index in [0.717, 1.165) is 11.0 Å². The first-order valence-corrected chi connectivity index (χ1v) is 7.88. The minimum atomic E-state index is 0.492. The molecule has 0 aromatic carbocycles. The molecule has 2 rings (SSSR count). The van der Waals surface area contributed by atoms with Crippen molar-refractivity contribution in [1.82, 2.24) is 4.90 Å². The van der Waals surface area contributed by atoms with E-state index in [1.165, 1.54) is 28.0 Å². The van der Waals surface area contributed by atoms with Gasteiger partial charge < -0.3 is 5.73 Å². The summed E-state index contributed by atoms with van der Waals surface area (Å²) in [5, 5.41) is 0. The standard InChI is InChI=1S/C11H16Br2N2S/c1-15-4-2-3-7(6-14)10(15)9-5-8(12)11(13)16-9/h5,7,10H,2-4,6,14H2,1H3. The first-order chi connectivity index (χ1) is 7.63. The van der Waals surface area contributed by atoms with Crippen LogP contribution in [0.3, 0.4) is 0 Å². The average molecular weight is 368 g/mol. The fraction of sp³-hybridized carbons (Fsp3) is 0.636. The highest BCUT2D eigenvalue weighted by molar-refractivity contribution is 9.13. The van der Waals surface area contributed by atoms with E-state index in [0.29, 0.717) is 12.0 Å². The zero-order valence-electron chi connectivity index (χ0n) is 9.25. The van der Waals surface area contributed by atoms with E-state index in [1.54, 1.807) is 0 Å². The summed E-state index contributed by atoms with van der Waals surface area (Å²) in [6.45, 7) is 1.95. The van der Waals surface area contributed by atoms with E-state index in [9.17, 15) is 0 Å². The van der Waals surface area contributed by atoms with E-state index >= 15 is 0 Å². The number of hydrogen-bond donors (Lipinski definition) is 1. The summed E-state index contributed by atoms with van der Waals surface area (Å²) in [7, 11) is 2.20. The molecule has 0 bridgehead atoms. The van der Waals surface area contributed by atoms with Gasteiger partial charge in [0, 0.05) is 15.4 Å². The Balaban J connectivity index is 2.27. The van der Waals surface area contributed by atoms with Crippen molar-refractivity contribution in [3.8, 4) is 0 Å². The molecule has 1 aliphatic heterocycles. The molecule has 1 fully saturated rings. The van der Waals surface area contributed by atoms with Gasteiger partial charge in [0.1, 0.15) is 0 Å². The molecule has 2 heterocycles. The Hall–Kier alpha value is 0.580. The van der Waals surface area contributed by atoms with Crippen LogP contribution in [0.1, 0.15) is 23.8 Å². The number of rotatable bonds is 2. The number of thiophene rings is 1. The van der Waals surface area contributed by atoms with Crippen molar-refractivity contribution in [2.75, 3.05) is 20.1 Å². The molecular formula is C11H16Br2N2S. The minimum absolute atomic E-state index is 0.492. The van der Waals surface area contributed by atoms with Gasteiger partial charge in [-0.25, -0.2) is 0 Å². The van der Waals surface area contributed by atoms with E-state index < -0.39 is 0 Å². The van der Waals surface area contributed by atoms with E-state index in [1.807, 2.05) is 11.3 Å². The Morgan fingerprint density at radius 3 is 2.88 bits per heavy atom. The molecule has 16 heavy (non-hydrogen) atoms. The van der Waals surface area contributed by atoms with Gasteiger partial charge in [0.25, 0.3) is 0 Å². The molecule has 0 spiro atoms. The molecule has 1 aliphatic rings. The highest BCUT2D eigenvalue weighted by Gasteiger charge is 2.31. The zero-order chi connectivity index (χ0) is 11.7. The second-order valence-electron chi connectivity index (χ2n) is 4.33. The van der Waals surface area contributed by atoms with Gasteiger partial charge in [-0.2, -0.15) is 0 Å². The molecule has 0 aliphatic carbocycles. The van der Waals surface area contributed by atoms with Crippen LogP contribution in [0.15, 0.2) is 14.3 Å². The number of nitrogens with two attached hydrogens (primary N) is 1. The zero-order valence-corrected chi connectivity index (χ0v) is 13.2. The summed E-state index contributed by atoms with van der Waals surface area (Å²) >= 11 is 8.94. The van der Waals surface area contributed by atoms with Gasteiger partial charge in [-0.15, -0.1) is 11.3 Å². The molecule has 2 nitrogen and oxygen atoms in total. The predicted octanol–water partition coefficient (Wildman–Crippen LogP) is 3.61. The Kier molecular flexibility index (Phi) is 4.46. The van der Waals surface area contributed by atoms with Crippen LogP contribution in [0, 0.1) is 5.92 Å². The molecule has 2 atom stereocenters. The van der Waals surface area contributed by atoms with Crippen LogP contribution in [0.4, 0.5) is 0 Å². The molecule has 1 aromatic heterocycles. The highest BCUT2D eigenvalue weighted by atomic mass is 79.9. The summed E-state index contributed by atoms with van der Waals surface area (Å²) in [6.07, 6.45) is 2.52. The maximum absolute atomic E-state index is 5.89. The summed E-state index contributed by atoms with van der Waals surface area (Å²) in [5.74, 6) is 0.594. The van der Waals surface area contributed by atoms with E-state index in [4.69, 9.17) is 5.73 Å². The molecule has 0 saturated carbocycles. The smallest absolute Gasteiger partial charge is 0.0843 e. The fourth-order valence-electron chi connectivity index (χ4n) is 2.47. The van der Waals surface area contributed by atoms with Crippen molar-refractivity contribution < 1.29 is 0 Å². The molecule has 1 saturated heterocycles.